The van der Waals surface area contributed by atoms with Gasteiger partial charge in [-0.25, -0.2) is 8.78 Å². The Labute approximate surface area is 117 Å². The van der Waals surface area contributed by atoms with Crippen LogP contribution < -0.4 is 5.32 Å². The van der Waals surface area contributed by atoms with Crippen LogP contribution in [0.15, 0.2) is 18.2 Å². The molecular weight excluding hydrogens is 262 g/mol. The highest BCUT2D eigenvalue weighted by atomic mass is 19.1. The van der Waals surface area contributed by atoms with Gasteiger partial charge in [0.05, 0.1) is 6.04 Å². The third-order valence-corrected chi connectivity index (χ3v) is 4.28. The second-order valence-electron chi connectivity index (χ2n) is 5.72. The van der Waals surface area contributed by atoms with Gasteiger partial charge in [-0.15, -0.1) is 0 Å². The molecule has 2 fully saturated rings. The van der Waals surface area contributed by atoms with Gasteiger partial charge < -0.3 is 4.90 Å². The molecule has 3 nitrogen and oxygen atoms in total. The Hall–Kier alpha value is -1.49. The fourth-order valence-electron chi connectivity index (χ4n) is 2.95. The highest BCUT2D eigenvalue weighted by Gasteiger charge is 2.50. The van der Waals surface area contributed by atoms with Crippen molar-refractivity contribution in [3.8, 4) is 0 Å². The fraction of sp³-hybridized carbons (Fsp3) is 0.533. The van der Waals surface area contributed by atoms with Gasteiger partial charge in [-0.3, -0.25) is 10.1 Å². The van der Waals surface area contributed by atoms with E-state index in [1.54, 1.807) is 4.90 Å². The molecule has 0 bridgehead atoms. The number of carbonyl (C=O) groups excluding carboxylic acids is 1. The van der Waals surface area contributed by atoms with Crippen molar-refractivity contribution >= 4 is 5.91 Å². The zero-order valence-corrected chi connectivity index (χ0v) is 11.6. The summed E-state index contributed by atoms with van der Waals surface area (Å²) in [7, 11) is 0. The minimum atomic E-state index is -0.606. The Balaban J connectivity index is 1.95. The summed E-state index contributed by atoms with van der Waals surface area (Å²) < 4.78 is 27.0. The predicted octanol–water partition coefficient (Wildman–Crippen LogP) is 2.58. The lowest BCUT2D eigenvalue weighted by atomic mass is 10.1. The molecule has 0 radical (unpaired) electrons. The van der Waals surface area contributed by atoms with E-state index in [0.29, 0.717) is 17.9 Å². The Kier molecular flexibility index (Phi) is 3.24. The lowest BCUT2D eigenvalue weighted by molar-refractivity contribution is -0.130. The number of nitrogens with zero attached hydrogens (tertiary/aromatic N) is 1. The van der Waals surface area contributed by atoms with Crippen molar-refractivity contribution in [2.24, 2.45) is 5.92 Å². The predicted molar refractivity (Wildman–Crippen MR) is 70.7 cm³/mol. The van der Waals surface area contributed by atoms with E-state index in [-0.39, 0.29) is 18.0 Å². The quantitative estimate of drug-likeness (QED) is 0.923. The largest absolute Gasteiger partial charge is 0.318 e. The van der Waals surface area contributed by atoms with Gasteiger partial charge in [0.25, 0.3) is 0 Å². The van der Waals surface area contributed by atoms with Crippen molar-refractivity contribution in [3.05, 3.63) is 35.4 Å². The number of amides is 1. The standard InChI is InChI=1S/C15H18F2N2O/c1-3-12-15(20)19(13-6-8(13)2)14(18-12)10-5-4-9(16)7-11(10)17/h4-5,7-8,12-14,18H,3,6H2,1-2H3. The highest BCUT2D eigenvalue weighted by molar-refractivity contribution is 5.85. The molecule has 1 aliphatic carbocycles. The van der Waals surface area contributed by atoms with Crippen molar-refractivity contribution in [2.75, 3.05) is 0 Å². The molecule has 0 aromatic heterocycles. The van der Waals surface area contributed by atoms with Crippen LogP contribution in [-0.2, 0) is 4.79 Å². The van der Waals surface area contributed by atoms with Crippen LogP contribution in [0.3, 0.4) is 0 Å². The van der Waals surface area contributed by atoms with E-state index in [9.17, 15) is 13.6 Å². The number of nitrogens with one attached hydrogen (secondary N) is 1. The second kappa shape index (κ2) is 4.81. The van der Waals surface area contributed by atoms with Crippen LogP contribution in [0.25, 0.3) is 0 Å². The van der Waals surface area contributed by atoms with Crippen LogP contribution in [-0.4, -0.2) is 22.9 Å². The average molecular weight is 280 g/mol. The zero-order chi connectivity index (χ0) is 14.4. The topological polar surface area (TPSA) is 32.3 Å². The first kappa shape index (κ1) is 13.5. The van der Waals surface area contributed by atoms with Gasteiger partial charge in [0.2, 0.25) is 5.91 Å². The molecule has 1 heterocycles. The molecule has 4 atom stereocenters. The summed E-state index contributed by atoms with van der Waals surface area (Å²) in [6.07, 6.45) is 1.13. The number of hydrogen-bond acceptors (Lipinski definition) is 2. The van der Waals surface area contributed by atoms with Crippen LogP contribution in [0, 0.1) is 17.6 Å². The number of benzene rings is 1. The Morgan fingerprint density at radius 3 is 2.65 bits per heavy atom. The lowest BCUT2D eigenvalue weighted by Crippen LogP contribution is -2.34. The molecule has 5 heteroatoms. The molecule has 20 heavy (non-hydrogen) atoms. The van der Waals surface area contributed by atoms with Crippen LogP contribution in [0.1, 0.15) is 38.4 Å². The van der Waals surface area contributed by atoms with Crippen LogP contribution in [0.2, 0.25) is 0 Å². The van der Waals surface area contributed by atoms with Gasteiger partial charge in [-0.05, 0) is 30.9 Å². The summed E-state index contributed by atoms with van der Waals surface area (Å²) in [5.74, 6) is -0.739. The maximum atomic E-state index is 14.0. The van der Waals surface area contributed by atoms with Gasteiger partial charge in [0.1, 0.15) is 17.8 Å². The SMILES string of the molecule is CCC1NC(c2ccc(F)cc2F)N(C2CC2C)C1=O. The Morgan fingerprint density at radius 1 is 1.40 bits per heavy atom. The molecule has 1 amide bonds. The first-order chi connectivity index (χ1) is 9.52. The van der Waals surface area contributed by atoms with E-state index in [1.165, 1.54) is 12.1 Å². The monoisotopic (exact) mass is 280 g/mol. The third-order valence-electron chi connectivity index (χ3n) is 4.28. The summed E-state index contributed by atoms with van der Waals surface area (Å²) in [4.78, 5) is 14.1. The van der Waals surface area contributed by atoms with E-state index < -0.39 is 17.8 Å². The van der Waals surface area contributed by atoms with Crippen molar-refractivity contribution < 1.29 is 13.6 Å². The van der Waals surface area contributed by atoms with Gasteiger partial charge in [0.15, 0.2) is 0 Å². The molecule has 1 aliphatic heterocycles. The molecule has 4 unspecified atom stereocenters. The summed E-state index contributed by atoms with van der Waals surface area (Å²) in [6.45, 7) is 4.00. The first-order valence-corrected chi connectivity index (χ1v) is 7.06. The smallest absolute Gasteiger partial charge is 0.241 e. The van der Waals surface area contributed by atoms with E-state index >= 15 is 0 Å². The van der Waals surface area contributed by atoms with Crippen molar-refractivity contribution in [2.45, 2.75) is 44.9 Å². The Morgan fingerprint density at radius 2 is 2.10 bits per heavy atom. The molecular formula is C15H18F2N2O. The summed E-state index contributed by atoms with van der Waals surface area (Å²) >= 11 is 0. The summed E-state index contributed by atoms with van der Waals surface area (Å²) in [5, 5.41) is 3.17. The number of rotatable bonds is 3. The van der Waals surface area contributed by atoms with Gasteiger partial charge in [0, 0.05) is 17.7 Å². The molecule has 3 rings (SSSR count). The minimum absolute atomic E-state index is 0.0237. The van der Waals surface area contributed by atoms with Gasteiger partial charge in [-0.1, -0.05) is 13.8 Å². The van der Waals surface area contributed by atoms with Crippen molar-refractivity contribution in [1.82, 2.24) is 10.2 Å². The first-order valence-electron chi connectivity index (χ1n) is 7.06. The molecule has 1 aromatic rings. The normalized spacial score (nSPS) is 32.8. The van der Waals surface area contributed by atoms with Crippen LogP contribution in [0.5, 0.6) is 0 Å². The molecule has 2 aliphatic rings. The Bertz CT molecular complexity index is 549. The van der Waals surface area contributed by atoms with Gasteiger partial charge >= 0.3 is 0 Å². The number of carbonyl (C=O) groups is 1. The van der Waals surface area contributed by atoms with E-state index in [1.807, 2.05) is 6.92 Å². The second-order valence-corrected chi connectivity index (χ2v) is 5.72. The highest BCUT2D eigenvalue weighted by Crippen LogP contribution is 2.42. The van der Waals surface area contributed by atoms with Crippen molar-refractivity contribution in [3.63, 3.8) is 0 Å². The molecule has 0 spiro atoms. The molecule has 1 N–H and O–H groups in total. The molecule has 1 saturated heterocycles. The fourth-order valence-corrected chi connectivity index (χ4v) is 2.95. The van der Waals surface area contributed by atoms with Crippen LogP contribution in [0.4, 0.5) is 8.78 Å². The van der Waals surface area contributed by atoms with Crippen LogP contribution >= 0.6 is 0 Å². The lowest BCUT2D eigenvalue weighted by Gasteiger charge is -2.25. The summed E-state index contributed by atoms with van der Waals surface area (Å²) in [6, 6.07) is 3.42. The summed E-state index contributed by atoms with van der Waals surface area (Å²) in [5.41, 5.74) is 0.342. The van der Waals surface area contributed by atoms with E-state index in [0.717, 1.165) is 12.5 Å². The maximum Gasteiger partial charge on any atom is 0.241 e. The number of halogens is 2. The van der Waals surface area contributed by atoms with E-state index in [2.05, 4.69) is 12.2 Å². The van der Waals surface area contributed by atoms with Gasteiger partial charge in [-0.2, -0.15) is 0 Å². The molecule has 108 valence electrons. The number of hydrogen-bond donors (Lipinski definition) is 1. The van der Waals surface area contributed by atoms with E-state index in [4.69, 9.17) is 0 Å². The maximum absolute atomic E-state index is 14.0. The van der Waals surface area contributed by atoms with Crippen molar-refractivity contribution in [1.29, 1.82) is 0 Å². The average Bonchev–Trinajstić information content (AvgIpc) is 3.01. The third kappa shape index (κ3) is 2.10. The molecule has 1 aromatic carbocycles. The minimum Gasteiger partial charge on any atom is -0.318 e. The molecule has 1 saturated carbocycles. The zero-order valence-electron chi connectivity index (χ0n) is 11.6.